The van der Waals surface area contributed by atoms with Crippen LogP contribution >= 0.6 is 7.37 Å². The monoisotopic (exact) mass is 990 g/mol. The van der Waals surface area contributed by atoms with E-state index >= 15 is 0 Å². The van der Waals surface area contributed by atoms with Crippen molar-refractivity contribution in [3.8, 4) is 0 Å². The molecule has 0 unspecified atom stereocenters. The Morgan fingerprint density at radius 1 is 0.855 bits per heavy atom. The molecule has 2 N–H and O–H groups in total. The number of aliphatic hydroxyl groups is 2. The molecule has 0 aromatic rings. The molecule has 3 heterocycles. The SMILES string of the molecule is CO[C@H]1C[C@@H]2CC[C@@H](C)[C@@](O)(O2)C(=O)C(=O)N2CCCC[C@H]2C(=O)O[C@H]([C@H](C)C[C@H]2CC[C@@H](OP(C)(C)=O)[C@H](OC)C2)CC(=O)[C@H](C)/C=C(/C)[C@@H](O)[C@@H](OC)C(=O)[C@H](C)C[C@H](C)/C=C/C=CC=C1C. The maximum Gasteiger partial charge on any atom is 0.329 e. The predicted octanol–water partition coefficient (Wildman–Crippen LogP) is 7.74. The van der Waals surface area contributed by atoms with Gasteiger partial charge in [-0.05, 0) is 107 Å². The lowest BCUT2D eigenvalue weighted by molar-refractivity contribution is -0.265. The molecule has 390 valence electrons. The molecule has 15 atom stereocenters. The molecule has 3 fully saturated rings. The van der Waals surface area contributed by atoms with Crippen LogP contribution in [0.15, 0.2) is 47.6 Å². The Morgan fingerprint density at radius 3 is 2.22 bits per heavy atom. The molecular weight excluding hydrogens is 906 g/mol. The van der Waals surface area contributed by atoms with E-state index < -0.39 is 85.1 Å². The summed E-state index contributed by atoms with van der Waals surface area (Å²) < 4.78 is 48.2. The average molecular weight is 990 g/mol. The number of aliphatic hydroxyl groups excluding tert-OH is 1. The maximum absolute atomic E-state index is 14.5. The molecule has 1 saturated carbocycles. The van der Waals surface area contributed by atoms with E-state index in [-0.39, 0.29) is 60.9 Å². The number of rotatable bonds is 8. The Morgan fingerprint density at radius 2 is 1.57 bits per heavy atom. The summed E-state index contributed by atoms with van der Waals surface area (Å²) in [5, 5.41) is 23.5. The first kappa shape index (κ1) is 58.4. The highest BCUT2D eigenvalue weighted by molar-refractivity contribution is 7.57. The van der Waals surface area contributed by atoms with E-state index in [0.29, 0.717) is 63.4 Å². The molecule has 0 aromatic carbocycles. The van der Waals surface area contributed by atoms with Gasteiger partial charge in [-0.2, -0.15) is 0 Å². The Labute approximate surface area is 411 Å². The fourth-order valence-electron chi connectivity index (χ4n) is 10.5. The normalized spacial score (nSPS) is 37.8. The Balaban J connectivity index is 1.70. The van der Waals surface area contributed by atoms with Gasteiger partial charge < -0.3 is 43.3 Å². The summed E-state index contributed by atoms with van der Waals surface area (Å²) >= 11 is 0. The van der Waals surface area contributed by atoms with Crippen molar-refractivity contribution in [2.24, 2.45) is 35.5 Å². The largest absolute Gasteiger partial charge is 0.460 e. The van der Waals surface area contributed by atoms with E-state index in [1.54, 1.807) is 54.4 Å². The number of fused-ring (bicyclic) bond motifs is 3. The van der Waals surface area contributed by atoms with Crippen LogP contribution in [0, 0.1) is 35.5 Å². The Bertz CT molecular complexity index is 1940. The van der Waals surface area contributed by atoms with Crippen LogP contribution in [0.1, 0.15) is 126 Å². The number of carbonyl (C=O) groups is 5. The third-order valence-electron chi connectivity index (χ3n) is 14.8. The van der Waals surface area contributed by atoms with E-state index in [0.717, 1.165) is 12.0 Å². The highest BCUT2D eigenvalue weighted by Crippen LogP contribution is 2.45. The van der Waals surface area contributed by atoms with Gasteiger partial charge in [0.2, 0.25) is 5.79 Å². The Kier molecular flexibility index (Phi) is 22.5. The maximum atomic E-state index is 14.5. The molecule has 1 amide bonds. The second-order valence-corrected chi connectivity index (χ2v) is 23.6. The minimum atomic E-state index is -2.79. The lowest BCUT2D eigenvalue weighted by Crippen LogP contribution is -2.61. The molecule has 4 rings (SSSR count). The second kappa shape index (κ2) is 26.5. The van der Waals surface area contributed by atoms with E-state index in [4.69, 9.17) is 28.2 Å². The molecule has 0 spiro atoms. The number of hydrogen-bond acceptors (Lipinski definition) is 14. The molecule has 0 aromatic heterocycles. The molecule has 1 aliphatic carbocycles. The molecular formula is C53H84NO14P. The van der Waals surface area contributed by atoms with E-state index in [1.807, 2.05) is 58.1 Å². The molecule has 16 heteroatoms. The highest BCUT2D eigenvalue weighted by Gasteiger charge is 2.53. The van der Waals surface area contributed by atoms with Gasteiger partial charge in [0.15, 0.2) is 13.2 Å². The fraction of sp³-hybridized carbons (Fsp3) is 0.755. The van der Waals surface area contributed by atoms with Gasteiger partial charge >= 0.3 is 5.97 Å². The van der Waals surface area contributed by atoms with E-state index in [9.17, 15) is 38.8 Å². The number of esters is 1. The number of ketones is 3. The number of carbonyl (C=O) groups excluding carboxylic acids is 5. The molecule has 69 heavy (non-hydrogen) atoms. The highest BCUT2D eigenvalue weighted by atomic mass is 31.2. The van der Waals surface area contributed by atoms with E-state index in [2.05, 4.69) is 0 Å². The van der Waals surface area contributed by atoms with Crippen LogP contribution in [-0.2, 0) is 56.7 Å². The van der Waals surface area contributed by atoms with Crippen LogP contribution in [0.5, 0.6) is 0 Å². The van der Waals surface area contributed by atoms with Crippen LogP contribution in [-0.4, -0.2) is 140 Å². The van der Waals surface area contributed by atoms with Crippen molar-refractivity contribution >= 4 is 36.6 Å². The topological polar surface area (TPSA) is 201 Å². The first-order chi connectivity index (χ1) is 32.4. The molecule has 4 aliphatic rings. The van der Waals surface area contributed by atoms with Crippen LogP contribution < -0.4 is 0 Å². The summed E-state index contributed by atoms with van der Waals surface area (Å²) in [6, 6.07) is -1.16. The van der Waals surface area contributed by atoms with Gasteiger partial charge in [0.05, 0.1) is 24.4 Å². The number of ether oxygens (including phenoxy) is 5. The number of amides is 1. The summed E-state index contributed by atoms with van der Waals surface area (Å²) in [4.78, 5) is 72.2. The van der Waals surface area contributed by atoms with Gasteiger partial charge in [-0.15, -0.1) is 0 Å². The zero-order valence-corrected chi connectivity index (χ0v) is 44.3. The summed E-state index contributed by atoms with van der Waals surface area (Å²) in [5.74, 6) is -8.11. The van der Waals surface area contributed by atoms with Crippen molar-refractivity contribution in [3.63, 3.8) is 0 Å². The zero-order valence-electron chi connectivity index (χ0n) is 43.4. The third kappa shape index (κ3) is 16.2. The number of hydrogen-bond donors (Lipinski definition) is 2. The van der Waals surface area contributed by atoms with Crippen molar-refractivity contribution < 1.29 is 67.0 Å². The number of allylic oxidation sites excluding steroid dienone is 6. The van der Waals surface area contributed by atoms with Crippen LogP contribution in [0.4, 0.5) is 0 Å². The molecule has 2 saturated heterocycles. The number of methoxy groups -OCH3 is 3. The molecule has 15 nitrogen and oxygen atoms in total. The van der Waals surface area contributed by atoms with Gasteiger partial charge in [-0.1, -0.05) is 71.1 Å². The molecule has 2 bridgehead atoms. The third-order valence-corrected chi connectivity index (χ3v) is 15.6. The smallest absolute Gasteiger partial charge is 0.329 e. The summed E-state index contributed by atoms with van der Waals surface area (Å²) in [6.07, 6.45) is 11.4. The van der Waals surface area contributed by atoms with Crippen LogP contribution in [0.2, 0.25) is 0 Å². The minimum absolute atomic E-state index is 0.0117. The quantitative estimate of drug-likeness (QED) is 0.104. The summed E-state index contributed by atoms with van der Waals surface area (Å²) in [7, 11) is 1.76. The number of cyclic esters (lactones) is 1. The van der Waals surface area contributed by atoms with Gasteiger partial charge in [0, 0.05) is 71.8 Å². The standard InChI is InChI=1S/C53H84NO14P/c1-32-18-14-13-15-19-33(2)44(63-8)30-40-23-21-38(7)53(61,67-40)50(58)51(59)54-25-17-16-20-41(54)52(60)66-45(35(4)28-39-22-24-43(46(29-39)64-9)68-69(11,12)62)31-42(55)34(3)27-37(6)48(57)49(65-10)47(56)36(5)26-32/h13-15,18-19,27,32,34-36,38-41,43-46,48-49,57,61H,16-17,20-26,28-31H2,1-12H3/b15-13?,18-14+,33-19?,37-27-/t32-,34-,35-,36-,38-,39-,40+,41+,43-,44+,45+,46-,48-,49+,53-/m1/s1. The lowest BCUT2D eigenvalue weighted by atomic mass is 9.78. The second-order valence-electron chi connectivity index (χ2n) is 20.9. The predicted molar refractivity (Wildman–Crippen MR) is 263 cm³/mol. The average Bonchev–Trinajstić information content (AvgIpc) is 3.30. The zero-order chi connectivity index (χ0) is 51.4. The van der Waals surface area contributed by atoms with Gasteiger partial charge in [0.25, 0.3) is 11.7 Å². The van der Waals surface area contributed by atoms with Crippen molar-refractivity contribution in [1.29, 1.82) is 0 Å². The fourth-order valence-corrected chi connectivity index (χ4v) is 11.4. The van der Waals surface area contributed by atoms with Gasteiger partial charge in [0.1, 0.15) is 30.1 Å². The first-order valence-electron chi connectivity index (χ1n) is 25.2. The van der Waals surface area contributed by atoms with Crippen molar-refractivity contribution in [1.82, 2.24) is 4.90 Å². The number of nitrogens with zero attached hydrogens (tertiary/aromatic N) is 1. The van der Waals surface area contributed by atoms with Crippen LogP contribution in [0.25, 0.3) is 0 Å². The summed E-state index contributed by atoms with van der Waals surface area (Å²) in [5.41, 5.74) is 1.25. The number of Topliss-reactive ketones (excluding diaryl/α,β-unsaturated/α-hetero) is 3. The van der Waals surface area contributed by atoms with Crippen LogP contribution in [0.3, 0.4) is 0 Å². The Hall–Kier alpha value is -3.14. The van der Waals surface area contributed by atoms with Crippen molar-refractivity contribution in [3.05, 3.63) is 47.6 Å². The minimum Gasteiger partial charge on any atom is -0.460 e. The number of piperidine rings is 1. The molecule has 0 radical (unpaired) electrons. The molecule has 3 aliphatic heterocycles. The van der Waals surface area contributed by atoms with Crippen molar-refractivity contribution in [2.75, 3.05) is 41.2 Å². The van der Waals surface area contributed by atoms with Gasteiger partial charge in [-0.3, -0.25) is 23.7 Å². The van der Waals surface area contributed by atoms with Crippen molar-refractivity contribution in [2.45, 2.75) is 180 Å². The lowest BCUT2D eigenvalue weighted by Gasteiger charge is -2.42. The van der Waals surface area contributed by atoms with E-state index in [1.165, 1.54) is 12.0 Å². The van der Waals surface area contributed by atoms with Gasteiger partial charge in [-0.25, -0.2) is 4.79 Å². The first-order valence-corrected chi connectivity index (χ1v) is 27.7. The summed E-state index contributed by atoms with van der Waals surface area (Å²) in [6.45, 7) is 15.9.